The molecule has 0 unspecified atom stereocenters. The molecular weight excluding hydrogens is 679 g/mol. The predicted molar refractivity (Wildman–Crippen MR) is 237 cm³/mol. The molecule has 0 amide bonds. The molecule has 1 aromatic heterocycles. The Labute approximate surface area is 325 Å². The average molecular weight is 714 g/mol. The van der Waals surface area contributed by atoms with E-state index in [1.807, 2.05) is 12.1 Å². The minimum absolute atomic E-state index is 0.885. The number of hydrogen-bond donors (Lipinski definition) is 0. The lowest BCUT2D eigenvalue weighted by Gasteiger charge is -2.26. The summed E-state index contributed by atoms with van der Waals surface area (Å²) < 4.78 is 6.23. The molecule has 0 radical (unpaired) electrons. The molecule has 2 nitrogen and oxygen atoms in total. The van der Waals surface area contributed by atoms with Crippen molar-refractivity contribution in [2.45, 2.75) is 0 Å². The van der Waals surface area contributed by atoms with E-state index in [1.165, 1.54) is 65.7 Å². The number of rotatable bonds is 6. The van der Waals surface area contributed by atoms with E-state index < -0.39 is 0 Å². The Bertz CT molecular complexity index is 3240. The number of nitrogens with zero attached hydrogens (tertiary/aromatic N) is 1. The van der Waals surface area contributed by atoms with Crippen LogP contribution in [0, 0.1) is 0 Å². The summed E-state index contributed by atoms with van der Waals surface area (Å²) in [5.74, 6) is 0. The monoisotopic (exact) mass is 713 g/mol. The molecule has 0 N–H and O–H groups in total. The van der Waals surface area contributed by atoms with Gasteiger partial charge in [0, 0.05) is 27.8 Å². The van der Waals surface area contributed by atoms with Crippen molar-refractivity contribution in [3.8, 4) is 33.4 Å². The molecule has 0 saturated carbocycles. The maximum Gasteiger partial charge on any atom is 0.135 e. The Morgan fingerprint density at radius 3 is 1.59 bits per heavy atom. The molecule has 0 spiro atoms. The van der Waals surface area contributed by atoms with Crippen molar-refractivity contribution < 1.29 is 4.42 Å². The van der Waals surface area contributed by atoms with Gasteiger partial charge in [0.05, 0.1) is 0 Å². The molecule has 2 heteroatoms. The van der Waals surface area contributed by atoms with Crippen molar-refractivity contribution >= 4 is 71.3 Å². The summed E-state index contributed by atoms with van der Waals surface area (Å²) in [6.45, 7) is 0. The second-order valence-corrected chi connectivity index (χ2v) is 14.5. The van der Waals surface area contributed by atoms with Crippen LogP contribution in [0.4, 0.5) is 17.1 Å². The quantitative estimate of drug-likeness (QED) is 0.160. The van der Waals surface area contributed by atoms with Crippen molar-refractivity contribution in [2.75, 3.05) is 4.90 Å². The summed E-state index contributed by atoms with van der Waals surface area (Å²) >= 11 is 0. The first-order chi connectivity index (χ1) is 27.7. The Morgan fingerprint density at radius 2 is 0.804 bits per heavy atom. The molecule has 56 heavy (non-hydrogen) atoms. The van der Waals surface area contributed by atoms with Gasteiger partial charge in [0.1, 0.15) is 11.2 Å². The number of anilines is 3. The Morgan fingerprint density at radius 1 is 0.268 bits per heavy atom. The van der Waals surface area contributed by atoms with Gasteiger partial charge in [0.15, 0.2) is 0 Å². The van der Waals surface area contributed by atoms with E-state index in [9.17, 15) is 0 Å². The molecule has 0 aliphatic carbocycles. The van der Waals surface area contributed by atoms with Gasteiger partial charge < -0.3 is 9.32 Å². The van der Waals surface area contributed by atoms with Crippen molar-refractivity contribution in [3.05, 3.63) is 212 Å². The van der Waals surface area contributed by atoms with Gasteiger partial charge in [-0.15, -0.1) is 0 Å². The van der Waals surface area contributed by atoms with Crippen LogP contribution in [0.2, 0.25) is 0 Å². The Hall–Kier alpha value is -7.42. The third-order valence-corrected chi connectivity index (χ3v) is 11.2. The van der Waals surface area contributed by atoms with Gasteiger partial charge >= 0.3 is 0 Å². The second kappa shape index (κ2) is 13.2. The molecule has 0 fully saturated rings. The van der Waals surface area contributed by atoms with E-state index in [1.54, 1.807) is 0 Å². The fourth-order valence-electron chi connectivity index (χ4n) is 8.44. The molecule has 0 aliphatic heterocycles. The summed E-state index contributed by atoms with van der Waals surface area (Å²) in [5.41, 5.74) is 12.2. The molecular formula is C54H35NO. The first kappa shape index (κ1) is 32.0. The fraction of sp³-hybridized carbons (Fsp3) is 0. The van der Waals surface area contributed by atoms with Crippen LogP contribution in [0.15, 0.2) is 217 Å². The van der Waals surface area contributed by atoms with E-state index in [0.717, 1.165) is 39.0 Å². The molecule has 0 aliphatic rings. The van der Waals surface area contributed by atoms with Crippen LogP contribution in [0.25, 0.3) is 87.6 Å². The number of hydrogen-bond acceptors (Lipinski definition) is 2. The minimum Gasteiger partial charge on any atom is -0.456 e. The van der Waals surface area contributed by atoms with Crippen LogP contribution < -0.4 is 4.90 Å². The highest BCUT2D eigenvalue weighted by Gasteiger charge is 2.17. The van der Waals surface area contributed by atoms with Crippen molar-refractivity contribution in [3.63, 3.8) is 0 Å². The van der Waals surface area contributed by atoms with Crippen LogP contribution in [0.3, 0.4) is 0 Å². The molecule has 1 heterocycles. The molecule has 262 valence electrons. The zero-order chi connectivity index (χ0) is 37.0. The molecule has 11 aromatic rings. The van der Waals surface area contributed by atoms with Crippen LogP contribution in [-0.4, -0.2) is 0 Å². The summed E-state index contributed by atoms with van der Waals surface area (Å²) in [6, 6.07) is 76.6. The van der Waals surface area contributed by atoms with Gasteiger partial charge in [0.25, 0.3) is 0 Å². The van der Waals surface area contributed by atoms with E-state index in [0.29, 0.717) is 0 Å². The van der Waals surface area contributed by atoms with Crippen molar-refractivity contribution in [1.82, 2.24) is 0 Å². The lowest BCUT2D eigenvalue weighted by atomic mass is 9.95. The van der Waals surface area contributed by atoms with E-state index in [-0.39, 0.29) is 0 Å². The molecule has 0 saturated heterocycles. The van der Waals surface area contributed by atoms with Crippen LogP contribution in [0.1, 0.15) is 0 Å². The first-order valence-corrected chi connectivity index (χ1v) is 19.2. The summed E-state index contributed by atoms with van der Waals surface area (Å²) in [7, 11) is 0. The highest BCUT2D eigenvalue weighted by Crippen LogP contribution is 2.41. The van der Waals surface area contributed by atoms with Gasteiger partial charge in [-0.05, 0) is 126 Å². The maximum absolute atomic E-state index is 6.23. The standard InChI is InChI=1S/C54H35NO/c1-3-14-47-38(9-1)11-8-17-49(47)42-13-7-12-40(33-42)36-21-26-44(27-22-36)55(46-30-32-54-52(35-46)51-16-5-6-18-53(51)56-54)45-28-23-37(24-29-45)41-25-31-50-43(34-41)20-19-39-10-2-4-15-48(39)50/h1-35H. The van der Waals surface area contributed by atoms with Crippen LogP contribution in [0.5, 0.6) is 0 Å². The van der Waals surface area contributed by atoms with Crippen molar-refractivity contribution in [2.24, 2.45) is 0 Å². The molecule has 0 bridgehead atoms. The fourth-order valence-corrected chi connectivity index (χ4v) is 8.44. The highest BCUT2D eigenvalue weighted by atomic mass is 16.3. The number of benzene rings is 10. The number of furan rings is 1. The Kier molecular flexibility index (Phi) is 7.53. The third kappa shape index (κ3) is 5.51. The lowest BCUT2D eigenvalue weighted by molar-refractivity contribution is 0.669. The molecule has 10 aromatic carbocycles. The van der Waals surface area contributed by atoms with Crippen LogP contribution in [-0.2, 0) is 0 Å². The van der Waals surface area contributed by atoms with E-state index >= 15 is 0 Å². The van der Waals surface area contributed by atoms with Gasteiger partial charge in [0.2, 0.25) is 0 Å². The Balaban J connectivity index is 0.982. The minimum atomic E-state index is 0.885. The first-order valence-electron chi connectivity index (χ1n) is 19.2. The number of fused-ring (bicyclic) bond motifs is 7. The summed E-state index contributed by atoms with van der Waals surface area (Å²) in [4.78, 5) is 2.34. The van der Waals surface area contributed by atoms with E-state index in [2.05, 4.69) is 205 Å². The zero-order valence-electron chi connectivity index (χ0n) is 30.6. The maximum atomic E-state index is 6.23. The second-order valence-electron chi connectivity index (χ2n) is 14.5. The van der Waals surface area contributed by atoms with Crippen LogP contribution >= 0.6 is 0 Å². The molecule has 0 atom stereocenters. The van der Waals surface area contributed by atoms with Gasteiger partial charge in [-0.1, -0.05) is 152 Å². The lowest BCUT2D eigenvalue weighted by Crippen LogP contribution is -2.09. The predicted octanol–water partition coefficient (Wildman–Crippen LogP) is 15.5. The topological polar surface area (TPSA) is 16.4 Å². The molecule has 11 rings (SSSR count). The van der Waals surface area contributed by atoms with Crippen molar-refractivity contribution in [1.29, 1.82) is 0 Å². The zero-order valence-corrected chi connectivity index (χ0v) is 30.6. The SMILES string of the molecule is c1cc(-c2ccc(N(c3ccc(-c4ccc5c(ccc6ccccc65)c4)cc3)c3ccc4oc5ccccc5c4c3)cc2)cc(-c2cccc3ccccc23)c1. The number of para-hydroxylation sites is 1. The largest absolute Gasteiger partial charge is 0.456 e. The highest BCUT2D eigenvalue weighted by molar-refractivity contribution is 6.09. The average Bonchev–Trinajstić information content (AvgIpc) is 3.65. The van der Waals surface area contributed by atoms with E-state index in [4.69, 9.17) is 4.42 Å². The summed E-state index contributed by atoms with van der Waals surface area (Å²) in [6.07, 6.45) is 0. The summed E-state index contributed by atoms with van der Waals surface area (Å²) in [5, 5.41) is 9.81. The van der Waals surface area contributed by atoms with Gasteiger partial charge in [-0.2, -0.15) is 0 Å². The third-order valence-electron chi connectivity index (χ3n) is 11.2. The normalized spacial score (nSPS) is 11.6. The smallest absolute Gasteiger partial charge is 0.135 e. The van der Waals surface area contributed by atoms with Gasteiger partial charge in [-0.25, -0.2) is 0 Å². The van der Waals surface area contributed by atoms with Gasteiger partial charge in [-0.3, -0.25) is 0 Å².